The highest BCUT2D eigenvalue weighted by Crippen LogP contribution is 2.43. The molecule has 3 aromatic rings. The number of rotatable bonds is 11. The zero-order valence-corrected chi connectivity index (χ0v) is 31.4. The van der Waals surface area contributed by atoms with Gasteiger partial charge in [0.2, 0.25) is 5.91 Å². The van der Waals surface area contributed by atoms with Gasteiger partial charge in [0.15, 0.2) is 0 Å². The van der Waals surface area contributed by atoms with Crippen LogP contribution in [0.3, 0.4) is 0 Å². The number of aryl methyl sites for hydroxylation is 3. The monoisotopic (exact) mass is 697 g/mol. The second kappa shape index (κ2) is 15.6. The first-order valence-corrected chi connectivity index (χ1v) is 17.8. The number of methoxy groups -OCH3 is 2. The number of carbonyl (C=O) groups excluding carboxylic acids is 3. The minimum atomic E-state index is -0.526. The summed E-state index contributed by atoms with van der Waals surface area (Å²) >= 11 is 0. The molecule has 5 rings (SSSR count). The van der Waals surface area contributed by atoms with Gasteiger partial charge in [-0.25, -0.2) is 9.78 Å². The van der Waals surface area contributed by atoms with Crippen molar-refractivity contribution >= 4 is 51.1 Å². The van der Waals surface area contributed by atoms with Crippen molar-refractivity contribution in [1.29, 1.82) is 0 Å². The maximum atomic E-state index is 14.0. The number of carbonyl (C=O) groups is 3. The number of unbranched alkanes of at least 4 members (excludes halogenated alkanes) is 1. The quantitative estimate of drug-likeness (QED) is 0.184. The standard InChI is InChI=1S/C40H51N5O6/c1-10-12-15-45(7)35(47)16-27-38-26(13-14-36(48)50-8)22(4)31(43-38)17-29-23(5)28(20-46)34(42-29)18-30-21(3)25(11-2)33(41-30)19-32-24(6)37(39(27)44-32)40(49)51-9/h17-19,22,26,41,44,46H,10-16,20H2,1-9H3/t22-,26-/m0/s1. The molecule has 2 aliphatic heterocycles. The largest absolute Gasteiger partial charge is 0.469 e. The molecule has 0 aromatic carbocycles. The normalized spacial score (nSPS) is 15.6. The zero-order valence-electron chi connectivity index (χ0n) is 31.4. The summed E-state index contributed by atoms with van der Waals surface area (Å²) in [7, 11) is 4.52. The van der Waals surface area contributed by atoms with Crippen molar-refractivity contribution in [2.75, 3.05) is 34.4 Å². The average molecular weight is 698 g/mol. The van der Waals surface area contributed by atoms with E-state index >= 15 is 0 Å². The van der Waals surface area contributed by atoms with Gasteiger partial charge in [-0.05, 0) is 80.5 Å². The SMILES string of the molecule is CCCCN(C)C(=O)Cc1c2nc(cc3nc(cc4[nH]c(cc5[nH]c1c(C(=O)OC)c5C)c(CC)c4C)C(CO)=C3C)[C@@H](C)[C@@H]2CCC(=O)OC. The van der Waals surface area contributed by atoms with Crippen molar-refractivity contribution in [3.63, 3.8) is 0 Å². The van der Waals surface area contributed by atoms with Gasteiger partial charge in [-0.1, -0.05) is 27.2 Å². The van der Waals surface area contributed by atoms with E-state index in [0.717, 1.165) is 58.3 Å². The Morgan fingerprint density at radius 3 is 2.29 bits per heavy atom. The van der Waals surface area contributed by atoms with Crippen LogP contribution in [0.2, 0.25) is 0 Å². The molecule has 0 unspecified atom stereocenters. The molecule has 51 heavy (non-hydrogen) atoms. The topological polar surface area (TPSA) is 150 Å². The first kappa shape index (κ1) is 37.5. The van der Waals surface area contributed by atoms with E-state index in [1.807, 2.05) is 32.0 Å². The zero-order chi connectivity index (χ0) is 37.1. The van der Waals surface area contributed by atoms with Gasteiger partial charge in [0.1, 0.15) is 0 Å². The molecule has 0 fully saturated rings. The maximum absolute atomic E-state index is 14.0. The van der Waals surface area contributed by atoms with Gasteiger partial charge in [0, 0.05) is 65.2 Å². The predicted molar refractivity (Wildman–Crippen MR) is 199 cm³/mol. The number of fused-ring (bicyclic) bond motifs is 8. The lowest BCUT2D eigenvalue weighted by atomic mass is 9.84. The van der Waals surface area contributed by atoms with Crippen molar-refractivity contribution in [2.45, 2.75) is 91.9 Å². The fraction of sp³-hybridized carbons (Fsp3) is 0.475. The van der Waals surface area contributed by atoms with Crippen LogP contribution in [-0.2, 0) is 31.9 Å². The molecule has 272 valence electrons. The maximum Gasteiger partial charge on any atom is 0.340 e. The number of allylic oxidation sites excluding steroid dienone is 1. The second-order valence-corrected chi connectivity index (χ2v) is 13.6. The third-order valence-electron chi connectivity index (χ3n) is 10.7. The van der Waals surface area contributed by atoms with Crippen molar-refractivity contribution in [2.24, 2.45) is 0 Å². The van der Waals surface area contributed by atoms with Gasteiger partial charge in [-0.3, -0.25) is 14.6 Å². The number of aromatic nitrogens is 4. The van der Waals surface area contributed by atoms with Crippen LogP contribution in [0.25, 0.3) is 33.2 Å². The lowest BCUT2D eigenvalue weighted by Crippen LogP contribution is -2.29. The number of aromatic amines is 2. The predicted octanol–water partition coefficient (Wildman–Crippen LogP) is 6.85. The number of hydrogen-bond donors (Lipinski definition) is 3. The lowest BCUT2D eigenvalue weighted by Gasteiger charge is -2.20. The Morgan fingerprint density at radius 2 is 1.65 bits per heavy atom. The third kappa shape index (κ3) is 7.22. The second-order valence-electron chi connectivity index (χ2n) is 13.6. The molecule has 0 aliphatic carbocycles. The van der Waals surface area contributed by atoms with Crippen molar-refractivity contribution < 1.29 is 29.0 Å². The summed E-state index contributed by atoms with van der Waals surface area (Å²) in [6.45, 7) is 12.5. The van der Waals surface area contributed by atoms with Crippen LogP contribution >= 0.6 is 0 Å². The van der Waals surface area contributed by atoms with E-state index in [9.17, 15) is 19.5 Å². The molecule has 2 aliphatic rings. The third-order valence-corrected chi connectivity index (χ3v) is 10.7. The molecule has 8 bridgehead atoms. The fourth-order valence-electron chi connectivity index (χ4n) is 7.35. The van der Waals surface area contributed by atoms with Gasteiger partial charge in [-0.15, -0.1) is 0 Å². The molecular formula is C40H51N5O6. The number of amides is 1. The molecule has 11 heteroatoms. The molecular weight excluding hydrogens is 646 g/mol. The van der Waals surface area contributed by atoms with Crippen molar-refractivity contribution in [3.8, 4) is 0 Å². The summed E-state index contributed by atoms with van der Waals surface area (Å²) in [5, 5.41) is 10.5. The lowest BCUT2D eigenvalue weighted by molar-refractivity contribution is -0.140. The summed E-state index contributed by atoms with van der Waals surface area (Å²) in [4.78, 5) is 59.2. The molecule has 0 saturated heterocycles. The minimum Gasteiger partial charge on any atom is -0.469 e. The fourth-order valence-corrected chi connectivity index (χ4v) is 7.35. The van der Waals surface area contributed by atoms with Gasteiger partial charge in [0.25, 0.3) is 0 Å². The van der Waals surface area contributed by atoms with Crippen LogP contribution in [0.5, 0.6) is 0 Å². The van der Waals surface area contributed by atoms with Crippen molar-refractivity contribution in [1.82, 2.24) is 24.8 Å². The minimum absolute atomic E-state index is 0.0233. The highest BCUT2D eigenvalue weighted by atomic mass is 16.5. The summed E-state index contributed by atoms with van der Waals surface area (Å²) in [6, 6.07) is 5.91. The first-order chi connectivity index (χ1) is 24.4. The van der Waals surface area contributed by atoms with Crippen LogP contribution in [0.4, 0.5) is 0 Å². The Bertz CT molecular complexity index is 2060. The smallest absolute Gasteiger partial charge is 0.340 e. The number of nitrogens with one attached hydrogen (secondary N) is 2. The molecule has 0 radical (unpaired) electrons. The van der Waals surface area contributed by atoms with Gasteiger partial charge < -0.3 is 29.4 Å². The Kier molecular flexibility index (Phi) is 11.5. The molecule has 3 N–H and O–H groups in total. The van der Waals surface area contributed by atoms with E-state index in [1.165, 1.54) is 14.2 Å². The van der Waals surface area contributed by atoms with E-state index in [1.54, 1.807) is 11.9 Å². The highest BCUT2D eigenvalue weighted by molar-refractivity contribution is 6.03. The van der Waals surface area contributed by atoms with E-state index in [2.05, 4.69) is 37.7 Å². The number of aliphatic hydroxyl groups is 1. The Hall–Kier alpha value is -4.77. The summed E-state index contributed by atoms with van der Waals surface area (Å²) < 4.78 is 10.4. The first-order valence-electron chi connectivity index (χ1n) is 17.8. The molecule has 11 nitrogen and oxygen atoms in total. The Labute approximate surface area is 299 Å². The average Bonchev–Trinajstić information content (AvgIpc) is 3.80. The van der Waals surface area contributed by atoms with E-state index in [4.69, 9.17) is 19.4 Å². The van der Waals surface area contributed by atoms with E-state index < -0.39 is 5.97 Å². The van der Waals surface area contributed by atoms with Crippen LogP contribution in [0.15, 0.2) is 18.2 Å². The van der Waals surface area contributed by atoms with Crippen LogP contribution in [-0.4, -0.2) is 82.2 Å². The van der Waals surface area contributed by atoms with Gasteiger partial charge in [-0.2, -0.15) is 0 Å². The summed E-state index contributed by atoms with van der Waals surface area (Å²) in [5.41, 5.74) is 11.0. The van der Waals surface area contributed by atoms with E-state index in [-0.39, 0.29) is 43.2 Å². The molecule has 1 amide bonds. The number of esters is 2. The van der Waals surface area contributed by atoms with Crippen LogP contribution in [0, 0.1) is 13.8 Å². The molecule has 3 aromatic heterocycles. The van der Waals surface area contributed by atoms with Gasteiger partial charge >= 0.3 is 11.9 Å². The number of likely N-dealkylation sites (N-methyl/N-ethyl adjacent to an activating group) is 1. The number of ether oxygens (including phenoxy) is 2. The Balaban J connectivity index is 1.99. The highest BCUT2D eigenvalue weighted by Gasteiger charge is 2.34. The van der Waals surface area contributed by atoms with Gasteiger partial charge in [0.05, 0.1) is 55.4 Å². The molecule has 5 heterocycles. The number of H-pyrrole nitrogens is 2. The van der Waals surface area contributed by atoms with Crippen LogP contribution in [0.1, 0.15) is 121 Å². The summed E-state index contributed by atoms with van der Waals surface area (Å²) in [6.07, 6.45) is 3.09. The number of nitrogens with zero attached hydrogens (tertiary/aromatic N) is 3. The van der Waals surface area contributed by atoms with Crippen molar-refractivity contribution in [3.05, 3.63) is 68.8 Å². The molecule has 0 spiro atoms. The molecule has 0 saturated carbocycles. The summed E-state index contributed by atoms with van der Waals surface area (Å²) in [5.74, 6) is -1.43. The van der Waals surface area contributed by atoms with E-state index in [0.29, 0.717) is 57.8 Å². The number of aliphatic hydroxyl groups excluding tert-OH is 1. The molecule has 2 atom stereocenters. The Morgan fingerprint density at radius 1 is 0.922 bits per heavy atom. The van der Waals surface area contributed by atoms with Crippen LogP contribution < -0.4 is 0 Å². The number of hydrogen-bond acceptors (Lipinski definition) is 8.